The van der Waals surface area contributed by atoms with Crippen LogP contribution in [0.3, 0.4) is 0 Å². The predicted octanol–water partition coefficient (Wildman–Crippen LogP) is 3.74. The molecule has 2 aliphatic rings. The molecule has 1 N–H and O–H groups in total. The highest BCUT2D eigenvalue weighted by Gasteiger charge is 2.33. The molecule has 0 aromatic heterocycles. The lowest BCUT2D eigenvalue weighted by Gasteiger charge is -2.24. The van der Waals surface area contributed by atoms with Gasteiger partial charge in [0.25, 0.3) is 0 Å². The molecule has 2 aromatic carbocycles. The average Bonchev–Trinajstić information content (AvgIpc) is 3.31. The Morgan fingerprint density at radius 1 is 1.12 bits per heavy atom. The minimum atomic E-state index is -0.206. The maximum absolute atomic E-state index is 14.0. The van der Waals surface area contributed by atoms with E-state index in [0.29, 0.717) is 11.6 Å². The van der Waals surface area contributed by atoms with Crippen molar-refractivity contribution in [3.05, 3.63) is 59.9 Å². The number of rotatable bonds is 5. The van der Waals surface area contributed by atoms with Crippen LogP contribution in [0.25, 0.3) is 11.1 Å². The predicted molar refractivity (Wildman–Crippen MR) is 96.4 cm³/mol. The Balaban J connectivity index is 1.49. The number of carbonyl (C=O) groups excluding carboxylic acids is 1. The van der Waals surface area contributed by atoms with Crippen molar-refractivity contribution in [3.8, 4) is 11.1 Å². The van der Waals surface area contributed by atoms with Crippen LogP contribution in [-0.2, 0) is 11.3 Å². The lowest BCUT2D eigenvalue weighted by atomic mass is 10.0. The summed E-state index contributed by atoms with van der Waals surface area (Å²) in [7, 11) is 0. The van der Waals surface area contributed by atoms with Crippen molar-refractivity contribution in [2.45, 2.75) is 44.3 Å². The first-order valence-corrected chi connectivity index (χ1v) is 9.09. The molecular formula is C21H23FN2O. The number of likely N-dealkylation sites (tertiary alicyclic amines) is 1. The fraction of sp³-hybridized carbons (Fsp3) is 0.381. The molecule has 25 heavy (non-hydrogen) atoms. The van der Waals surface area contributed by atoms with Gasteiger partial charge in [0.2, 0.25) is 5.91 Å². The van der Waals surface area contributed by atoms with Crippen molar-refractivity contribution >= 4 is 5.91 Å². The van der Waals surface area contributed by atoms with Gasteiger partial charge in [0.15, 0.2) is 0 Å². The molecule has 130 valence electrons. The van der Waals surface area contributed by atoms with E-state index < -0.39 is 0 Å². The molecule has 1 unspecified atom stereocenters. The minimum Gasteiger partial charge on any atom is -0.352 e. The Morgan fingerprint density at radius 3 is 2.76 bits per heavy atom. The topological polar surface area (TPSA) is 32.3 Å². The van der Waals surface area contributed by atoms with E-state index in [4.69, 9.17) is 0 Å². The molecule has 0 radical (unpaired) electrons. The lowest BCUT2D eigenvalue weighted by molar-refractivity contribution is -0.125. The summed E-state index contributed by atoms with van der Waals surface area (Å²) in [4.78, 5) is 14.7. The van der Waals surface area contributed by atoms with Crippen LogP contribution in [-0.4, -0.2) is 29.4 Å². The van der Waals surface area contributed by atoms with Gasteiger partial charge in [0, 0.05) is 18.2 Å². The number of carbonyl (C=O) groups is 1. The molecule has 1 aliphatic heterocycles. The Bertz CT molecular complexity index is 772. The number of hydrogen-bond acceptors (Lipinski definition) is 2. The monoisotopic (exact) mass is 338 g/mol. The highest BCUT2D eigenvalue weighted by Crippen LogP contribution is 2.26. The zero-order chi connectivity index (χ0) is 17.2. The van der Waals surface area contributed by atoms with Crippen LogP contribution in [0.4, 0.5) is 4.39 Å². The van der Waals surface area contributed by atoms with Gasteiger partial charge in [-0.05, 0) is 55.5 Å². The molecule has 2 aromatic rings. The number of hydrogen-bond donors (Lipinski definition) is 1. The zero-order valence-corrected chi connectivity index (χ0v) is 14.2. The van der Waals surface area contributed by atoms with Gasteiger partial charge in [-0.25, -0.2) is 4.39 Å². The van der Waals surface area contributed by atoms with Gasteiger partial charge >= 0.3 is 0 Å². The van der Waals surface area contributed by atoms with Crippen LogP contribution in [0.2, 0.25) is 0 Å². The zero-order valence-electron chi connectivity index (χ0n) is 14.2. The highest BCUT2D eigenvalue weighted by molar-refractivity contribution is 5.82. The SMILES string of the molecule is O=C(NC1CC1)C1CCCN1Cc1cccc(-c2ccccc2F)c1. The van der Waals surface area contributed by atoms with Gasteiger partial charge in [-0.2, -0.15) is 0 Å². The number of benzene rings is 2. The summed E-state index contributed by atoms with van der Waals surface area (Å²) in [6.07, 6.45) is 4.20. The third-order valence-corrected chi connectivity index (χ3v) is 5.09. The Hall–Kier alpha value is -2.20. The molecule has 2 fully saturated rings. The molecule has 4 rings (SSSR count). The Morgan fingerprint density at radius 2 is 1.96 bits per heavy atom. The second-order valence-electron chi connectivity index (χ2n) is 7.09. The molecule has 1 atom stereocenters. The van der Waals surface area contributed by atoms with Crippen molar-refractivity contribution in [3.63, 3.8) is 0 Å². The highest BCUT2D eigenvalue weighted by atomic mass is 19.1. The van der Waals surface area contributed by atoms with Crippen LogP contribution in [0.1, 0.15) is 31.2 Å². The van der Waals surface area contributed by atoms with Crippen molar-refractivity contribution in [2.75, 3.05) is 6.54 Å². The molecular weight excluding hydrogens is 315 g/mol. The standard InChI is InChI=1S/C21H23FN2O/c22-19-8-2-1-7-18(19)16-6-3-5-15(13-16)14-24-12-4-9-20(24)21(25)23-17-10-11-17/h1-3,5-8,13,17,20H,4,9-12,14H2,(H,23,25). The number of amides is 1. The van der Waals surface area contributed by atoms with Crippen LogP contribution in [0.5, 0.6) is 0 Å². The Kier molecular flexibility index (Phi) is 4.53. The van der Waals surface area contributed by atoms with E-state index in [1.165, 1.54) is 6.07 Å². The van der Waals surface area contributed by atoms with E-state index in [2.05, 4.69) is 16.3 Å². The largest absolute Gasteiger partial charge is 0.352 e. The summed E-state index contributed by atoms with van der Waals surface area (Å²) in [5, 5.41) is 3.13. The normalized spacial score (nSPS) is 20.6. The van der Waals surface area contributed by atoms with E-state index >= 15 is 0 Å². The Labute approximate surface area is 147 Å². The summed E-state index contributed by atoms with van der Waals surface area (Å²) < 4.78 is 14.0. The summed E-state index contributed by atoms with van der Waals surface area (Å²) >= 11 is 0. The smallest absolute Gasteiger partial charge is 0.237 e. The van der Waals surface area contributed by atoms with E-state index in [0.717, 1.165) is 49.9 Å². The molecule has 1 saturated heterocycles. The second kappa shape index (κ2) is 6.96. The van der Waals surface area contributed by atoms with E-state index in [-0.39, 0.29) is 17.8 Å². The maximum Gasteiger partial charge on any atom is 0.237 e. The van der Waals surface area contributed by atoms with Gasteiger partial charge in [0.1, 0.15) is 5.82 Å². The average molecular weight is 338 g/mol. The summed E-state index contributed by atoms with van der Waals surface area (Å²) in [5.74, 6) is -0.0345. The summed E-state index contributed by atoms with van der Waals surface area (Å²) in [6.45, 7) is 1.66. The first-order chi connectivity index (χ1) is 12.2. The molecule has 0 bridgehead atoms. The number of halogens is 1. The van der Waals surface area contributed by atoms with Gasteiger partial charge in [-0.15, -0.1) is 0 Å². The fourth-order valence-corrected chi connectivity index (χ4v) is 3.60. The minimum absolute atomic E-state index is 0.0299. The quantitative estimate of drug-likeness (QED) is 0.901. The van der Waals surface area contributed by atoms with Crippen molar-refractivity contribution in [1.29, 1.82) is 0 Å². The molecule has 1 aliphatic carbocycles. The van der Waals surface area contributed by atoms with E-state index in [1.807, 2.05) is 24.3 Å². The molecule has 1 amide bonds. The third-order valence-electron chi connectivity index (χ3n) is 5.09. The molecule has 3 nitrogen and oxygen atoms in total. The maximum atomic E-state index is 14.0. The van der Waals surface area contributed by atoms with Crippen molar-refractivity contribution in [2.24, 2.45) is 0 Å². The van der Waals surface area contributed by atoms with Gasteiger partial charge < -0.3 is 5.32 Å². The molecule has 0 spiro atoms. The number of nitrogens with zero attached hydrogens (tertiary/aromatic N) is 1. The van der Waals surface area contributed by atoms with Crippen LogP contribution < -0.4 is 5.32 Å². The van der Waals surface area contributed by atoms with Crippen LogP contribution >= 0.6 is 0 Å². The van der Waals surface area contributed by atoms with Crippen molar-refractivity contribution < 1.29 is 9.18 Å². The van der Waals surface area contributed by atoms with Crippen molar-refractivity contribution in [1.82, 2.24) is 10.2 Å². The summed E-state index contributed by atoms with van der Waals surface area (Å²) in [6, 6.07) is 15.2. The lowest BCUT2D eigenvalue weighted by Crippen LogP contribution is -2.43. The second-order valence-corrected chi connectivity index (χ2v) is 7.09. The molecule has 1 heterocycles. The van der Waals surface area contributed by atoms with E-state index in [9.17, 15) is 9.18 Å². The summed E-state index contributed by atoms with van der Waals surface area (Å²) in [5.41, 5.74) is 2.62. The molecule has 4 heteroatoms. The number of nitrogens with one attached hydrogen (secondary N) is 1. The first-order valence-electron chi connectivity index (χ1n) is 9.09. The molecule has 1 saturated carbocycles. The van der Waals surface area contributed by atoms with Gasteiger partial charge in [-0.1, -0.05) is 36.4 Å². The third kappa shape index (κ3) is 3.74. The van der Waals surface area contributed by atoms with Crippen LogP contribution in [0.15, 0.2) is 48.5 Å². The first kappa shape index (κ1) is 16.3. The van der Waals surface area contributed by atoms with E-state index in [1.54, 1.807) is 12.1 Å². The van der Waals surface area contributed by atoms with Gasteiger partial charge in [-0.3, -0.25) is 9.69 Å². The van der Waals surface area contributed by atoms with Crippen LogP contribution in [0, 0.1) is 5.82 Å². The fourth-order valence-electron chi connectivity index (χ4n) is 3.60. The van der Waals surface area contributed by atoms with Gasteiger partial charge in [0.05, 0.1) is 6.04 Å².